The van der Waals surface area contributed by atoms with Crippen LogP contribution in [0.2, 0.25) is 0 Å². The Hall–Kier alpha value is -0.880. The first-order valence-electron chi connectivity index (χ1n) is 9.76. The fraction of sp³-hybridized carbons (Fsp3) is 0.842. The molecule has 140 valence electrons. The van der Waals surface area contributed by atoms with Crippen molar-refractivity contribution < 1.29 is 8.42 Å². The smallest absolute Gasteiger partial charge is 0.244 e. The Morgan fingerprint density at radius 2 is 1.68 bits per heavy atom. The van der Waals surface area contributed by atoms with Crippen LogP contribution in [0, 0.1) is 37.0 Å². The van der Waals surface area contributed by atoms with Crippen LogP contribution in [0.15, 0.2) is 4.90 Å². The molecule has 4 aliphatic carbocycles. The summed E-state index contributed by atoms with van der Waals surface area (Å²) in [6.45, 7) is 5.75. The van der Waals surface area contributed by atoms with Crippen LogP contribution in [-0.4, -0.2) is 24.2 Å². The van der Waals surface area contributed by atoms with E-state index in [2.05, 4.69) is 16.7 Å². The highest BCUT2D eigenvalue weighted by molar-refractivity contribution is 7.89. The third-order valence-corrected chi connectivity index (χ3v) is 8.96. The third kappa shape index (κ3) is 2.76. The molecule has 0 saturated heterocycles. The lowest BCUT2D eigenvalue weighted by Gasteiger charge is -2.59. The summed E-state index contributed by atoms with van der Waals surface area (Å²) < 4.78 is 31.2. The molecular weight excluding hydrogens is 334 g/mol. The van der Waals surface area contributed by atoms with Crippen LogP contribution < -0.4 is 4.72 Å². The largest absolute Gasteiger partial charge is 0.271 e. The zero-order chi connectivity index (χ0) is 18.0. The Morgan fingerprint density at radius 3 is 2.08 bits per heavy atom. The minimum Gasteiger partial charge on any atom is -0.271 e. The minimum absolute atomic E-state index is 0.0462. The first-order valence-corrected chi connectivity index (χ1v) is 11.2. The lowest BCUT2D eigenvalue weighted by atomic mass is 9.47. The summed E-state index contributed by atoms with van der Waals surface area (Å²) in [7, 11) is -1.74. The highest BCUT2D eigenvalue weighted by Crippen LogP contribution is 2.61. The Balaban J connectivity index is 1.64. The van der Waals surface area contributed by atoms with Crippen molar-refractivity contribution in [1.29, 1.82) is 0 Å². The molecule has 5 nitrogen and oxygen atoms in total. The summed E-state index contributed by atoms with van der Waals surface area (Å²) in [5.41, 5.74) is 1.49. The second-order valence-electron chi connectivity index (χ2n) is 8.99. The van der Waals surface area contributed by atoms with Gasteiger partial charge in [0.2, 0.25) is 10.0 Å². The highest BCUT2D eigenvalue weighted by Gasteiger charge is 2.54. The molecule has 1 N–H and O–H groups in total. The molecule has 0 radical (unpaired) electrons. The van der Waals surface area contributed by atoms with Crippen molar-refractivity contribution in [2.24, 2.45) is 30.2 Å². The van der Waals surface area contributed by atoms with Gasteiger partial charge < -0.3 is 0 Å². The van der Waals surface area contributed by atoms with Gasteiger partial charge in [0.1, 0.15) is 4.90 Å². The average molecular weight is 366 g/mol. The molecule has 4 aliphatic rings. The lowest BCUT2D eigenvalue weighted by Crippen LogP contribution is -2.56. The number of aryl methyl sites for hydroxylation is 2. The van der Waals surface area contributed by atoms with Gasteiger partial charge in [-0.3, -0.25) is 4.68 Å². The SMILES string of the molecule is CCC(NS(=O)(=O)c1c(C)nn(C)c1C)C12CC3CC(CC(C3)C1)C2. The minimum atomic E-state index is -3.54. The monoisotopic (exact) mass is 365 g/mol. The van der Waals surface area contributed by atoms with Crippen LogP contribution >= 0.6 is 0 Å². The summed E-state index contributed by atoms with van der Waals surface area (Å²) >= 11 is 0. The standard InChI is InChI=1S/C19H31N3O2S/c1-5-17(19-9-14-6-15(10-19)8-16(7-14)11-19)21-25(23,24)18-12(2)20-22(4)13(18)3/h14-17,21H,5-11H2,1-4H3. The Morgan fingerprint density at radius 1 is 1.16 bits per heavy atom. The van der Waals surface area contributed by atoms with Crippen molar-refractivity contribution in [3.8, 4) is 0 Å². The molecule has 1 atom stereocenters. The third-order valence-electron chi connectivity index (χ3n) is 7.24. The summed E-state index contributed by atoms with van der Waals surface area (Å²) in [6.07, 6.45) is 8.64. The molecule has 0 amide bonds. The number of sulfonamides is 1. The van der Waals surface area contributed by atoms with Crippen LogP contribution in [0.1, 0.15) is 63.3 Å². The molecule has 4 bridgehead atoms. The van der Waals surface area contributed by atoms with E-state index in [4.69, 9.17) is 0 Å². The molecule has 1 aromatic heterocycles. The van der Waals surface area contributed by atoms with Crippen molar-refractivity contribution in [2.75, 3.05) is 0 Å². The molecule has 4 saturated carbocycles. The maximum absolute atomic E-state index is 13.2. The van der Waals surface area contributed by atoms with Crippen molar-refractivity contribution >= 4 is 10.0 Å². The molecule has 5 rings (SSSR count). The van der Waals surface area contributed by atoms with Crippen LogP contribution in [0.4, 0.5) is 0 Å². The van der Waals surface area contributed by atoms with Gasteiger partial charge in [0.25, 0.3) is 0 Å². The molecule has 1 unspecified atom stereocenters. The molecule has 4 fully saturated rings. The number of nitrogens with zero attached hydrogens (tertiary/aromatic N) is 2. The number of hydrogen-bond donors (Lipinski definition) is 1. The second kappa shape index (κ2) is 5.81. The zero-order valence-corrected chi connectivity index (χ0v) is 16.7. The summed E-state index contributed by atoms with van der Waals surface area (Å²) in [4.78, 5) is 0.373. The van der Waals surface area contributed by atoms with E-state index in [1.165, 1.54) is 38.5 Å². The van der Waals surface area contributed by atoms with Crippen molar-refractivity contribution in [3.05, 3.63) is 11.4 Å². The van der Waals surface area contributed by atoms with Crippen molar-refractivity contribution in [1.82, 2.24) is 14.5 Å². The van der Waals surface area contributed by atoms with Gasteiger partial charge in [-0.1, -0.05) is 6.92 Å². The van der Waals surface area contributed by atoms with Gasteiger partial charge in [-0.05, 0) is 82.0 Å². The fourth-order valence-corrected chi connectivity index (χ4v) is 8.49. The Bertz CT molecular complexity index is 746. The topological polar surface area (TPSA) is 64.0 Å². The van der Waals surface area contributed by atoms with E-state index in [-0.39, 0.29) is 11.5 Å². The summed E-state index contributed by atoms with van der Waals surface area (Å²) in [6, 6.07) is 0.0462. The Kier molecular flexibility index (Phi) is 4.07. The van der Waals surface area contributed by atoms with Crippen LogP contribution in [-0.2, 0) is 17.1 Å². The molecule has 1 heterocycles. The molecule has 1 aromatic rings. The number of rotatable bonds is 5. The molecular formula is C19H31N3O2S. The number of hydrogen-bond acceptors (Lipinski definition) is 3. The Labute approximate surface area is 151 Å². The van der Waals surface area contributed by atoms with Crippen LogP contribution in [0.5, 0.6) is 0 Å². The predicted octanol–water partition coefficient (Wildman–Crippen LogP) is 3.31. The van der Waals surface area contributed by atoms with Gasteiger partial charge in [0.15, 0.2) is 0 Å². The maximum atomic E-state index is 13.2. The van der Waals surface area contributed by atoms with Crippen LogP contribution in [0.3, 0.4) is 0 Å². The van der Waals surface area contributed by atoms with Gasteiger partial charge in [0, 0.05) is 13.1 Å². The normalized spacial score (nSPS) is 35.3. The molecule has 0 spiro atoms. The second-order valence-corrected chi connectivity index (χ2v) is 10.6. The number of aromatic nitrogens is 2. The van der Waals surface area contributed by atoms with E-state index < -0.39 is 10.0 Å². The van der Waals surface area contributed by atoms with E-state index in [0.717, 1.165) is 24.2 Å². The van der Waals surface area contributed by atoms with Gasteiger partial charge in [-0.2, -0.15) is 5.10 Å². The van der Waals surface area contributed by atoms with E-state index in [0.29, 0.717) is 16.3 Å². The highest BCUT2D eigenvalue weighted by atomic mass is 32.2. The first-order chi connectivity index (χ1) is 11.7. The first kappa shape index (κ1) is 17.5. The van der Waals surface area contributed by atoms with Gasteiger partial charge in [0.05, 0.1) is 11.4 Å². The average Bonchev–Trinajstić information content (AvgIpc) is 2.76. The van der Waals surface area contributed by atoms with Gasteiger partial charge in [-0.15, -0.1) is 0 Å². The maximum Gasteiger partial charge on any atom is 0.244 e. The molecule has 6 heteroatoms. The fourth-order valence-electron chi connectivity index (χ4n) is 6.64. The molecule has 25 heavy (non-hydrogen) atoms. The van der Waals surface area contributed by atoms with Gasteiger partial charge in [-0.25, -0.2) is 13.1 Å². The summed E-state index contributed by atoms with van der Waals surface area (Å²) in [5.74, 6) is 2.48. The van der Waals surface area contributed by atoms with E-state index in [1.807, 2.05) is 6.92 Å². The van der Waals surface area contributed by atoms with Crippen molar-refractivity contribution in [3.63, 3.8) is 0 Å². The van der Waals surface area contributed by atoms with E-state index >= 15 is 0 Å². The van der Waals surface area contributed by atoms with Crippen molar-refractivity contribution in [2.45, 2.75) is 76.7 Å². The van der Waals surface area contributed by atoms with E-state index in [9.17, 15) is 8.42 Å². The predicted molar refractivity (Wildman–Crippen MR) is 97.7 cm³/mol. The molecule has 0 aliphatic heterocycles. The zero-order valence-electron chi connectivity index (χ0n) is 15.9. The quantitative estimate of drug-likeness (QED) is 0.871. The lowest BCUT2D eigenvalue weighted by molar-refractivity contribution is -0.0704. The molecule has 0 aromatic carbocycles. The van der Waals surface area contributed by atoms with E-state index in [1.54, 1.807) is 18.7 Å². The van der Waals surface area contributed by atoms with Crippen LogP contribution in [0.25, 0.3) is 0 Å². The number of nitrogens with one attached hydrogen (secondary N) is 1. The summed E-state index contributed by atoms with van der Waals surface area (Å²) in [5, 5.41) is 4.30. The van der Waals surface area contributed by atoms with Gasteiger partial charge >= 0.3 is 0 Å².